The van der Waals surface area contributed by atoms with Crippen LogP contribution in [0.2, 0.25) is 0 Å². The van der Waals surface area contributed by atoms with Gasteiger partial charge in [0.15, 0.2) is 0 Å². The quantitative estimate of drug-likeness (QED) is 0.741. The van der Waals surface area contributed by atoms with Gasteiger partial charge in [0.25, 0.3) is 0 Å². The van der Waals surface area contributed by atoms with Crippen molar-refractivity contribution in [3.05, 3.63) is 28.2 Å². The van der Waals surface area contributed by atoms with Gasteiger partial charge in [-0.1, -0.05) is 15.9 Å². The van der Waals surface area contributed by atoms with Crippen LogP contribution in [0.15, 0.2) is 22.7 Å². The number of fused-ring (bicyclic) bond motifs is 2. The summed E-state index contributed by atoms with van der Waals surface area (Å²) in [6.07, 6.45) is 4.17. The molecule has 1 saturated carbocycles. The molecule has 1 aliphatic heterocycles. The summed E-state index contributed by atoms with van der Waals surface area (Å²) in [4.78, 5) is 2.57. The van der Waals surface area contributed by atoms with Crippen molar-refractivity contribution in [1.82, 2.24) is 0 Å². The normalized spacial score (nSPS) is 27.8. The van der Waals surface area contributed by atoms with Gasteiger partial charge in [0.1, 0.15) is 0 Å². The second-order valence-corrected chi connectivity index (χ2v) is 6.07. The van der Waals surface area contributed by atoms with Crippen LogP contribution < -0.4 is 4.90 Å². The third-order valence-corrected chi connectivity index (χ3v) is 4.69. The molecule has 0 N–H and O–H groups in total. The van der Waals surface area contributed by atoms with Gasteiger partial charge in [-0.2, -0.15) is 0 Å². The van der Waals surface area contributed by atoms with Gasteiger partial charge in [0.2, 0.25) is 0 Å². The van der Waals surface area contributed by atoms with E-state index in [0.717, 1.165) is 16.4 Å². The van der Waals surface area contributed by atoms with Crippen LogP contribution in [0.5, 0.6) is 0 Å². The number of anilines is 1. The van der Waals surface area contributed by atoms with E-state index in [2.05, 4.69) is 39.0 Å². The Morgan fingerprint density at radius 3 is 2.88 bits per heavy atom. The van der Waals surface area contributed by atoms with Crippen LogP contribution in [0, 0.1) is 5.92 Å². The van der Waals surface area contributed by atoms with Crippen LogP contribution in [0.1, 0.15) is 24.8 Å². The fraction of sp³-hybridized carbons (Fsp3) is 0.538. The molecule has 1 aromatic carbocycles. The second kappa shape index (κ2) is 4.23. The van der Waals surface area contributed by atoms with Gasteiger partial charge < -0.3 is 4.90 Å². The van der Waals surface area contributed by atoms with E-state index < -0.39 is 0 Å². The topological polar surface area (TPSA) is 3.24 Å². The summed E-state index contributed by atoms with van der Waals surface area (Å²) in [5.74, 6) is 1.53. The van der Waals surface area contributed by atoms with E-state index in [1.54, 1.807) is 0 Å². The Morgan fingerprint density at radius 1 is 1.38 bits per heavy atom. The lowest BCUT2D eigenvalue weighted by molar-refractivity contribution is 0.553. The fourth-order valence-corrected chi connectivity index (χ4v) is 3.78. The molecule has 1 aliphatic carbocycles. The van der Waals surface area contributed by atoms with Gasteiger partial charge in [0.05, 0.1) is 0 Å². The van der Waals surface area contributed by atoms with Gasteiger partial charge >= 0.3 is 0 Å². The molecule has 1 nitrogen and oxygen atoms in total. The Morgan fingerprint density at radius 2 is 2.25 bits per heavy atom. The zero-order chi connectivity index (χ0) is 11.1. The number of benzene rings is 1. The predicted octanol–water partition coefficient (Wildman–Crippen LogP) is 4.18. The average molecular weight is 301 g/mol. The molecular weight excluding hydrogens is 286 g/mol. The average Bonchev–Trinajstić information content (AvgIpc) is 2.90. The van der Waals surface area contributed by atoms with Gasteiger partial charge in [0, 0.05) is 28.6 Å². The van der Waals surface area contributed by atoms with Crippen molar-refractivity contribution in [3.63, 3.8) is 0 Å². The number of nitrogens with zero attached hydrogens (tertiary/aromatic N) is 1. The number of halogens is 2. The van der Waals surface area contributed by atoms with Crippen molar-refractivity contribution >= 4 is 33.2 Å². The van der Waals surface area contributed by atoms with Crippen molar-refractivity contribution in [1.29, 1.82) is 0 Å². The summed E-state index contributed by atoms with van der Waals surface area (Å²) in [7, 11) is 0. The molecule has 2 unspecified atom stereocenters. The van der Waals surface area contributed by atoms with Gasteiger partial charge in [-0.25, -0.2) is 0 Å². The molecule has 3 heteroatoms. The number of piperidine rings is 1. The molecule has 1 saturated heterocycles. The minimum Gasteiger partial charge on any atom is -0.368 e. The Bertz CT molecular complexity index is 407. The van der Waals surface area contributed by atoms with Crippen LogP contribution in [0.4, 0.5) is 5.69 Å². The Kier molecular flexibility index (Phi) is 2.88. The van der Waals surface area contributed by atoms with Crippen molar-refractivity contribution in [2.45, 2.75) is 31.2 Å². The van der Waals surface area contributed by atoms with Crippen molar-refractivity contribution in [2.75, 3.05) is 11.4 Å². The maximum absolute atomic E-state index is 6.04. The van der Waals surface area contributed by atoms with Crippen LogP contribution in [0.25, 0.3) is 0 Å². The molecule has 0 aromatic heterocycles. The Hall–Kier alpha value is -0.210. The van der Waals surface area contributed by atoms with E-state index in [1.807, 2.05) is 0 Å². The molecular formula is C13H15BrClN. The van der Waals surface area contributed by atoms with Gasteiger partial charge in [-0.15, -0.1) is 11.6 Å². The molecule has 0 amide bonds. The number of hydrogen-bond donors (Lipinski definition) is 0. The first-order valence-corrected chi connectivity index (χ1v) is 7.21. The number of alkyl halides is 1. The maximum Gasteiger partial charge on any atom is 0.0494 e. The van der Waals surface area contributed by atoms with Crippen molar-refractivity contribution in [3.8, 4) is 0 Å². The fourth-order valence-electron chi connectivity index (χ4n) is 3.16. The highest BCUT2D eigenvalue weighted by Crippen LogP contribution is 2.41. The van der Waals surface area contributed by atoms with Crippen molar-refractivity contribution in [2.24, 2.45) is 5.92 Å². The van der Waals surface area contributed by atoms with E-state index in [4.69, 9.17) is 11.6 Å². The molecule has 2 fully saturated rings. The lowest BCUT2D eigenvalue weighted by Crippen LogP contribution is -2.32. The first-order chi connectivity index (χ1) is 7.78. The van der Waals surface area contributed by atoms with Crippen LogP contribution in [-0.2, 0) is 5.88 Å². The van der Waals surface area contributed by atoms with Crippen LogP contribution in [-0.4, -0.2) is 12.6 Å². The predicted molar refractivity (Wildman–Crippen MR) is 72.2 cm³/mol. The molecule has 16 heavy (non-hydrogen) atoms. The Balaban J connectivity index is 1.94. The summed E-state index contributed by atoms with van der Waals surface area (Å²) in [5.41, 5.74) is 2.61. The lowest BCUT2D eigenvalue weighted by atomic mass is 10.1. The molecule has 1 heterocycles. The zero-order valence-corrected chi connectivity index (χ0v) is 11.5. The monoisotopic (exact) mass is 299 g/mol. The highest BCUT2D eigenvalue weighted by molar-refractivity contribution is 9.10. The third kappa shape index (κ3) is 1.76. The SMILES string of the molecule is ClCc1cc(Br)ccc1N1CC2CCC1C2. The summed E-state index contributed by atoms with van der Waals surface area (Å²) in [6, 6.07) is 7.25. The smallest absolute Gasteiger partial charge is 0.0494 e. The minimum atomic E-state index is 0.600. The largest absolute Gasteiger partial charge is 0.368 e. The summed E-state index contributed by atoms with van der Waals surface area (Å²) < 4.78 is 1.12. The molecule has 86 valence electrons. The van der Waals surface area contributed by atoms with E-state index in [9.17, 15) is 0 Å². The molecule has 1 aromatic rings. The van der Waals surface area contributed by atoms with Crippen LogP contribution in [0.3, 0.4) is 0 Å². The first kappa shape index (κ1) is 10.9. The standard InChI is InChI=1S/C13H15BrClN/c14-11-2-4-13(10(6-11)7-15)16-8-9-1-3-12(16)5-9/h2,4,6,9,12H,1,3,5,7-8H2. The number of hydrogen-bond acceptors (Lipinski definition) is 1. The van der Waals surface area contributed by atoms with Crippen molar-refractivity contribution < 1.29 is 0 Å². The maximum atomic E-state index is 6.04. The highest BCUT2D eigenvalue weighted by Gasteiger charge is 2.38. The molecule has 0 spiro atoms. The molecule has 0 radical (unpaired) electrons. The zero-order valence-electron chi connectivity index (χ0n) is 9.13. The van der Waals surface area contributed by atoms with Crippen LogP contribution >= 0.6 is 27.5 Å². The summed E-state index contributed by atoms with van der Waals surface area (Å²) in [5, 5.41) is 0. The van der Waals surface area contributed by atoms with Gasteiger partial charge in [-0.05, 0) is 48.9 Å². The summed E-state index contributed by atoms with van der Waals surface area (Å²) >= 11 is 9.55. The molecule has 2 aliphatic rings. The molecule has 2 atom stereocenters. The highest BCUT2D eigenvalue weighted by atomic mass is 79.9. The van der Waals surface area contributed by atoms with E-state index in [-0.39, 0.29) is 0 Å². The van der Waals surface area contributed by atoms with E-state index >= 15 is 0 Å². The lowest BCUT2D eigenvalue weighted by Gasteiger charge is -2.30. The first-order valence-electron chi connectivity index (χ1n) is 5.89. The molecule has 2 bridgehead atoms. The third-order valence-electron chi connectivity index (χ3n) is 3.90. The van der Waals surface area contributed by atoms with Gasteiger partial charge in [-0.3, -0.25) is 0 Å². The number of rotatable bonds is 2. The molecule has 3 rings (SSSR count). The summed E-state index contributed by atoms with van der Waals surface area (Å²) in [6.45, 7) is 1.23. The second-order valence-electron chi connectivity index (χ2n) is 4.89. The Labute approximate surface area is 110 Å². The minimum absolute atomic E-state index is 0.600. The van der Waals surface area contributed by atoms with E-state index in [0.29, 0.717) is 5.88 Å². The van der Waals surface area contributed by atoms with E-state index in [1.165, 1.54) is 37.1 Å².